The fourth-order valence-corrected chi connectivity index (χ4v) is 4.40. The van der Waals surface area contributed by atoms with E-state index in [1.807, 2.05) is 9.24 Å². The van der Waals surface area contributed by atoms with Crippen molar-refractivity contribution in [1.82, 2.24) is 15.5 Å². The molecule has 0 aliphatic carbocycles. The Morgan fingerprint density at radius 1 is 0.818 bits per heavy atom. The minimum absolute atomic E-state index is 0.102. The van der Waals surface area contributed by atoms with Gasteiger partial charge in [-0.2, -0.15) is 0 Å². The quantitative estimate of drug-likeness (QED) is 0.0781. The lowest BCUT2D eigenvalue weighted by atomic mass is 10.1. The van der Waals surface area contributed by atoms with Gasteiger partial charge in [0.05, 0.1) is 89.8 Å². The second-order valence-electron chi connectivity index (χ2n) is 9.55. The number of nitrogens with one attached hydrogen (secondary N) is 2. The summed E-state index contributed by atoms with van der Waals surface area (Å²) in [6, 6.07) is 4.31. The number of imide groups is 1. The monoisotopic (exact) mass is 643 g/mol. The van der Waals surface area contributed by atoms with Gasteiger partial charge in [-0.3, -0.25) is 24.1 Å². The predicted molar refractivity (Wildman–Crippen MR) is 158 cm³/mol. The number of ether oxygens (including phenoxy) is 6. The molecule has 0 saturated carbocycles. The van der Waals surface area contributed by atoms with E-state index in [-0.39, 0.29) is 54.8 Å². The standard InChI is InChI=1S/C28H42N3O12P/c32-24(29-6-9-36-11-13-38-15-17-40-18-16-39-14-12-37-10-7-30-28(35)44)20-41-23-5-1-4-22-25(23)27(34)31(26(22)33)21-3-2-8-42-43-19-21/h1,4-5,21H,2-3,6-20,44H2,(H,29,32)(H,30,35). The highest BCUT2D eigenvalue weighted by Gasteiger charge is 2.42. The van der Waals surface area contributed by atoms with E-state index in [1.54, 1.807) is 18.2 Å². The number of hydrogen-bond donors (Lipinski definition) is 2. The number of benzene rings is 1. The highest BCUT2D eigenvalue weighted by Crippen LogP contribution is 2.33. The van der Waals surface area contributed by atoms with Crippen molar-refractivity contribution in [2.45, 2.75) is 18.9 Å². The molecule has 2 unspecified atom stereocenters. The van der Waals surface area contributed by atoms with E-state index in [9.17, 15) is 19.2 Å². The third-order valence-corrected chi connectivity index (χ3v) is 6.55. The molecule has 0 aromatic heterocycles. The number of carbonyl (C=O) groups is 4. The Hall–Kier alpha value is -2.75. The summed E-state index contributed by atoms with van der Waals surface area (Å²) in [5, 5.41) is 5.29. The second-order valence-corrected chi connectivity index (χ2v) is 10.1. The number of fused-ring (bicyclic) bond motifs is 1. The van der Waals surface area contributed by atoms with Crippen LogP contribution in [0.4, 0.5) is 4.79 Å². The molecule has 2 atom stereocenters. The first-order valence-corrected chi connectivity index (χ1v) is 15.1. The normalized spacial score (nSPS) is 16.5. The van der Waals surface area contributed by atoms with Gasteiger partial charge >= 0.3 is 0 Å². The van der Waals surface area contributed by atoms with Crippen LogP contribution < -0.4 is 15.4 Å². The lowest BCUT2D eigenvalue weighted by Gasteiger charge is -2.23. The van der Waals surface area contributed by atoms with Gasteiger partial charge < -0.3 is 39.1 Å². The van der Waals surface area contributed by atoms with Crippen LogP contribution >= 0.6 is 9.24 Å². The summed E-state index contributed by atoms with van der Waals surface area (Å²) in [6.07, 6.45) is 1.23. The summed E-state index contributed by atoms with van der Waals surface area (Å²) < 4.78 is 32.6. The van der Waals surface area contributed by atoms with Crippen molar-refractivity contribution in [3.8, 4) is 5.75 Å². The van der Waals surface area contributed by atoms with E-state index in [0.717, 1.165) is 0 Å². The Balaban J connectivity index is 1.16. The zero-order valence-electron chi connectivity index (χ0n) is 24.8. The zero-order valence-corrected chi connectivity index (χ0v) is 25.9. The van der Waals surface area contributed by atoms with Crippen molar-refractivity contribution >= 4 is 32.6 Å². The molecule has 1 saturated heterocycles. The SMILES string of the molecule is O=C(P)NCCOCCOCCOCCOCCOCCNC(=O)COc1cccc2c1C(=O)N(C1CCCOOC1)C2=O. The Morgan fingerprint density at radius 2 is 1.41 bits per heavy atom. The van der Waals surface area contributed by atoms with Crippen molar-refractivity contribution in [3.63, 3.8) is 0 Å². The molecule has 0 spiro atoms. The first kappa shape index (κ1) is 35.7. The van der Waals surface area contributed by atoms with E-state index in [2.05, 4.69) is 10.6 Å². The van der Waals surface area contributed by atoms with Crippen molar-refractivity contribution < 1.29 is 57.4 Å². The largest absolute Gasteiger partial charge is 0.483 e. The maximum Gasteiger partial charge on any atom is 0.265 e. The van der Waals surface area contributed by atoms with Gasteiger partial charge in [0.25, 0.3) is 17.7 Å². The van der Waals surface area contributed by atoms with E-state index in [1.165, 1.54) is 4.90 Å². The number of nitrogens with zero attached hydrogens (tertiary/aromatic N) is 1. The van der Waals surface area contributed by atoms with Crippen LogP contribution in [0.2, 0.25) is 0 Å². The fourth-order valence-electron chi connectivity index (χ4n) is 4.26. The fraction of sp³-hybridized carbons (Fsp3) is 0.643. The summed E-state index contributed by atoms with van der Waals surface area (Å²) in [4.78, 5) is 60.2. The van der Waals surface area contributed by atoms with Gasteiger partial charge in [0.2, 0.25) is 5.65 Å². The lowest BCUT2D eigenvalue weighted by Crippen LogP contribution is -2.42. The van der Waals surface area contributed by atoms with Crippen LogP contribution in [0.25, 0.3) is 0 Å². The predicted octanol–water partition coefficient (Wildman–Crippen LogP) is 0.556. The Bertz CT molecular complexity index is 1050. The molecular weight excluding hydrogens is 601 g/mol. The first-order valence-electron chi connectivity index (χ1n) is 14.6. The minimum Gasteiger partial charge on any atom is -0.483 e. The van der Waals surface area contributed by atoms with Crippen LogP contribution in [0.5, 0.6) is 5.75 Å². The third kappa shape index (κ3) is 12.7. The molecule has 0 bridgehead atoms. The van der Waals surface area contributed by atoms with Crippen LogP contribution in [0.15, 0.2) is 18.2 Å². The molecule has 15 nitrogen and oxygen atoms in total. The van der Waals surface area contributed by atoms with Gasteiger partial charge in [-0.25, -0.2) is 9.78 Å². The highest BCUT2D eigenvalue weighted by molar-refractivity contribution is 7.39. The molecular formula is C28H42N3O12P. The number of carbonyl (C=O) groups excluding carboxylic acids is 4. The second kappa shape index (κ2) is 21.1. The molecule has 16 heteroatoms. The van der Waals surface area contributed by atoms with E-state index >= 15 is 0 Å². The van der Waals surface area contributed by atoms with Crippen LogP contribution in [0, 0.1) is 0 Å². The topological polar surface area (TPSA) is 169 Å². The summed E-state index contributed by atoms with van der Waals surface area (Å²) >= 11 is 0. The molecule has 246 valence electrons. The van der Waals surface area contributed by atoms with E-state index in [4.69, 9.17) is 38.2 Å². The van der Waals surface area contributed by atoms with E-state index < -0.39 is 17.9 Å². The molecule has 3 rings (SSSR count). The number of amides is 4. The van der Waals surface area contributed by atoms with Crippen molar-refractivity contribution in [2.24, 2.45) is 0 Å². The van der Waals surface area contributed by atoms with Gasteiger partial charge in [0.15, 0.2) is 6.61 Å². The summed E-state index contributed by atoms with van der Waals surface area (Å²) in [5.74, 6) is -1.10. The first-order chi connectivity index (χ1) is 21.5. The lowest BCUT2D eigenvalue weighted by molar-refractivity contribution is -0.291. The number of hydrogen-bond acceptors (Lipinski definition) is 12. The average Bonchev–Trinajstić information content (AvgIpc) is 3.15. The van der Waals surface area contributed by atoms with Gasteiger partial charge in [-0.15, -0.1) is 0 Å². The molecule has 1 fully saturated rings. The van der Waals surface area contributed by atoms with Crippen LogP contribution in [-0.4, -0.2) is 133 Å². The van der Waals surface area contributed by atoms with Crippen molar-refractivity contribution in [2.75, 3.05) is 99.0 Å². The van der Waals surface area contributed by atoms with Crippen LogP contribution in [0.1, 0.15) is 33.6 Å². The van der Waals surface area contributed by atoms with Gasteiger partial charge in [-0.1, -0.05) is 6.07 Å². The molecule has 4 amide bonds. The van der Waals surface area contributed by atoms with Crippen molar-refractivity contribution in [3.05, 3.63) is 29.3 Å². The molecule has 1 aromatic rings. The summed E-state index contributed by atoms with van der Waals surface area (Å²) in [5.41, 5.74) is 0.223. The van der Waals surface area contributed by atoms with Crippen LogP contribution in [-0.2, 0) is 38.3 Å². The molecule has 44 heavy (non-hydrogen) atoms. The Morgan fingerprint density at radius 3 is 2.02 bits per heavy atom. The van der Waals surface area contributed by atoms with Gasteiger partial charge in [-0.05, 0) is 34.2 Å². The highest BCUT2D eigenvalue weighted by atomic mass is 31.0. The zero-order chi connectivity index (χ0) is 31.4. The molecule has 2 aliphatic heterocycles. The van der Waals surface area contributed by atoms with Gasteiger partial charge in [0, 0.05) is 13.1 Å². The maximum atomic E-state index is 13.1. The van der Waals surface area contributed by atoms with E-state index in [0.29, 0.717) is 85.5 Å². The average molecular weight is 644 g/mol. The molecule has 1 aromatic carbocycles. The van der Waals surface area contributed by atoms with Crippen LogP contribution in [0.3, 0.4) is 0 Å². The molecule has 0 radical (unpaired) electrons. The molecule has 2 aliphatic rings. The smallest absolute Gasteiger partial charge is 0.265 e. The Labute approximate surface area is 258 Å². The molecule has 2 heterocycles. The van der Waals surface area contributed by atoms with Crippen molar-refractivity contribution in [1.29, 1.82) is 0 Å². The van der Waals surface area contributed by atoms with Gasteiger partial charge in [0.1, 0.15) is 12.4 Å². The Kier molecular flexibility index (Phi) is 17.1. The third-order valence-electron chi connectivity index (χ3n) is 6.34. The summed E-state index contributed by atoms with van der Waals surface area (Å²) in [7, 11) is 2.04. The number of rotatable bonds is 22. The minimum atomic E-state index is -0.471. The maximum absolute atomic E-state index is 13.1. The summed E-state index contributed by atoms with van der Waals surface area (Å²) in [6.45, 7) is 5.00. The molecule has 2 N–H and O–H groups in total.